The Bertz CT molecular complexity index is 922. The van der Waals surface area contributed by atoms with E-state index in [0.717, 1.165) is 56.3 Å². The summed E-state index contributed by atoms with van der Waals surface area (Å²) in [6, 6.07) is 7.40. The first-order chi connectivity index (χ1) is 18.4. The van der Waals surface area contributed by atoms with E-state index in [1.54, 1.807) is 14.2 Å². The van der Waals surface area contributed by atoms with Crippen LogP contribution < -0.4 is 4.74 Å². The quantitative estimate of drug-likeness (QED) is 0.131. The number of ether oxygens (including phenoxy) is 4. The number of allylic oxidation sites excluding steroid dienone is 2. The molecule has 0 saturated carbocycles. The first-order valence-corrected chi connectivity index (χ1v) is 14.6. The summed E-state index contributed by atoms with van der Waals surface area (Å²) >= 11 is 1.28. The summed E-state index contributed by atoms with van der Waals surface area (Å²) in [6.45, 7) is 8.01. The van der Waals surface area contributed by atoms with Gasteiger partial charge in [-0.3, -0.25) is 9.59 Å². The first kappa shape index (κ1) is 30.3. The SMILES string of the molecule is C=CCCCCCC(=O)O[C@@H]1C[C@@H](CCCC=C)O[C@@](OC)([C@@H]2CSC(=O)N2Cc2ccc(OC)cc2)C1. The fraction of sp³-hybridized carbons (Fsp3) is 0.600. The number of hydrogen-bond acceptors (Lipinski definition) is 7. The highest BCUT2D eigenvalue weighted by Crippen LogP contribution is 2.43. The zero-order valence-electron chi connectivity index (χ0n) is 22.9. The highest BCUT2D eigenvalue weighted by Gasteiger charge is 2.54. The number of carbonyl (C=O) groups is 2. The topological polar surface area (TPSA) is 74.3 Å². The van der Waals surface area contributed by atoms with Crippen LogP contribution in [0.2, 0.25) is 0 Å². The number of thioether (sulfide) groups is 1. The van der Waals surface area contributed by atoms with Crippen molar-refractivity contribution in [1.82, 2.24) is 4.90 Å². The van der Waals surface area contributed by atoms with Crippen LogP contribution in [0.5, 0.6) is 5.75 Å². The number of nitrogens with zero attached hydrogens (tertiary/aromatic N) is 1. The lowest BCUT2D eigenvalue weighted by molar-refractivity contribution is -0.306. The molecule has 2 aliphatic heterocycles. The van der Waals surface area contributed by atoms with Gasteiger partial charge in [0.05, 0.1) is 19.3 Å². The minimum absolute atomic E-state index is 0.00677. The largest absolute Gasteiger partial charge is 0.497 e. The maximum absolute atomic E-state index is 13.0. The van der Waals surface area contributed by atoms with Gasteiger partial charge in [0.1, 0.15) is 11.9 Å². The van der Waals surface area contributed by atoms with Gasteiger partial charge in [0, 0.05) is 38.7 Å². The molecule has 38 heavy (non-hydrogen) atoms. The summed E-state index contributed by atoms with van der Waals surface area (Å²) in [7, 11) is 3.26. The Hall–Kier alpha value is -2.29. The van der Waals surface area contributed by atoms with Crippen molar-refractivity contribution in [3.63, 3.8) is 0 Å². The Balaban J connectivity index is 1.75. The fourth-order valence-corrected chi connectivity index (χ4v) is 6.30. The van der Waals surface area contributed by atoms with Crippen LogP contribution in [-0.2, 0) is 25.5 Å². The lowest BCUT2D eigenvalue weighted by atomic mass is 9.90. The molecule has 0 spiro atoms. The molecule has 2 fully saturated rings. The van der Waals surface area contributed by atoms with Crippen LogP contribution in [0.25, 0.3) is 0 Å². The van der Waals surface area contributed by atoms with Crippen LogP contribution in [0.1, 0.15) is 69.8 Å². The number of unbranched alkanes of at least 4 members (excludes halogenated alkanes) is 4. The summed E-state index contributed by atoms with van der Waals surface area (Å²) in [5, 5.41) is -0.00677. The van der Waals surface area contributed by atoms with Crippen LogP contribution in [-0.4, -0.2) is 60.1 Å². The molecule has 8 heteroatoms. The number of amides is 1. The van der Waals surface area contributed by atoms with Gasteiger partial charge >= 0.3 is 5.97 Å². The second-order valence-corrected chi connectivity index (χ2v) is 11.0. The van der Waals surface area contributed by atoms with Crippen LogP contribution in [0.4, 0.5) is 4.79 Å². The summed E-state index contributed by atoms with van der Waals surface area (Å²) in [5.41, 5.74) is 0.996. The van der Waals surface area contributed by atoms with E-state index in [0.29, 0.717) is 31.6 Å². The average Bonchev–Trinajstić information content (AvgIpc) is 3.29. The highest BCUT2D eigenvalue weighted by molar-refractivity contribution is 8.13. The number of esters is 1. The van der Waals surface area contributed by atoms with Crippen molar-refractivity contribution >= 4 is 23.0 Å². The van der Waals surface area contributed by atoms with Crippen molar-refractivity contribution < 1.29 is 28.5 Å². The van der Waals surface area contributed by atoms with E-state index in [-0.39, 0.29) is 29.5 Å². The number of hydrogen-bond donors (Lipinski definition) is 0. The number of methoxy groups -OCH3 is 2. The van der Waals surface area contributed by atoms with Gasteiger partial charge in [0.15, 0.2) is 5.79 Å². The molecule has 1 amide bonds. The molecule has 2 aliphatic rings. The zero-order valence-corrected chi connectivity index (χ0v) is 23.7. The molecule has 4 atom stereocenters. The number of benzene rings is 1. The van der Waals surface area contributed by atoms with Gasteiger partial charge in [-0.2, -0.15) is 0 Å². The molecule has 2 saturated heterocycles. The third-order valence-electron chi connectivity index (χ3n) is 7.27. The average molecular weight is 546 g/mol. The highest BCUT2D eigenvalue weighted by atomic mass is 32.2. The second-order valence-electron chi connectivity index (χ2n) is 9.98. The summed E-state index contributed by atoms with van der Waals surface area (Å²) < 4.78 is 24.0. The Morgan fingerprint density at radius 1 is 1.13 bits per heavy atom. The van der Waals surface area contributed by atoms with E-state index >= 15 is 0 Å². The predicted molar refractivity (Wildman–Crippen MR) is 151 cm³/mol. The molecule has 210 valence electrons. The molecule has 0 radical (unpaired) electrons. The Morgan fingerprint density at radius 2 is 1.87 bits per heavy atom. The molecule has 1 aromatic carbocycles. The number of rotatable bonds is 16. The van der Waals surface area contributed by atoms with Crippen LogP contribution in [0.15, 0.2) is 49.6 Å². The third kappa shape index (κ3) is 8.35. The van der Waals surface area contributed by atoms with Gasteiger partial charge in [0.2, 0.25) is 0 Å². The maximum atomic E-state index is 13.0. The molecule has 0 unspecified atom stereocenters. The predicted octanol–water partition coefficient (Wildman–Crippen LogP) is 6.66. The van der Waals surface area contributed by atoms with Crippen molar-refractivity contribution in [3.05, 3.63) is 55.1 Å². The fourth-order valence-electron chi connectivity index (χ4n) is 5.21. The monoisotopic (exact) mass is 545 g/mol. The van der Waals surface area contributed by atoms with Gasteiger partial charge in [-0.25, -0.2) is 0 Å². The molecule has 1 aromatic rings. The normalized spacial score (nSPS) is 25.3. The molecular formula is C30H43NO6S. The molecule has 0 aliphatic carbocycles. The van der Waals surface area contributed by atoms with E-state index in [9.17, 15) is 9.59 Å². The van der Waals surface area contributed by atoms with Crippen molar-refractivity contribution in [2.24, 2.45) is 0 Å². The van der Waals surface area contributed by atoms with E-state index in [4.69, 9.17) is 18.9 Å². The van der Waals surface area contributed by atoms with E-state index in [1.807, 2.05) is 41.3 Å². The van der Waals surface area contributed by atoms with Crippen molar-refractivity contribution in [2.45, 2.75) is 94.8 Å². The number of carbonyl (C=O) groups excluding carboxylic acids is 2. The zero-order chi connectivity index (χ0) is 27.4. The third-order valence-corrected chi connectivity index (χ3v) is 8.23. The second kappa shape index (κ2) is 15.3. The lowest BCUT2D eigenvalue weighted by Crippen LogP contribution is -2.60. The molecule has 3 rings (SSSR count). The molecular weight excluding hydrogens is 502 g/mol. The summed E-state index contributed by atoms with van der Waals surface area (Å²) in [4.78, 5) is 27.6. The summed E-state index contributed by atoms with van der Waals surface area (Å²) in [6.07, 6.45) is 11.1. The van der Waals surface area contributed by atoms with Crippen molar-refractivity contribution in [2.75, 3.05) is 20.0 Å². The molecule has 0 bridgehead atoms. The molecule has 7 nitrogen and oxygen atoms in total. The Morgan fingerprint density at radius 3 is 2.55 bits per heavy atom. The molecule has 0 aromatic heterocycles. The Kier molecular flexibility index (Phi) is 12.2. The van der Waals surface area contributed by atoms with Gasteiger partial charge in [-0.1, -0.05) is 42.5 Å². The van der Waals surface area contributed by atoms with Gasteiger partial charge in [-0.05, 0) is 56.2 Å². The van der Waals surface area contributed by atoms with Crippen LogP contribution in [0.3, 0.4) is 0 Å². The molecule has 2 heterocycles. The first-order valence-electron chi connectivity index (χ1n) is 13.6. The lowest BCUT2D eigenvalue weighted by Gasteiger charge is -2.48. The summed E-state index contributed by atoms with van der Waals surface area (Å²) in [5.74, 6) is 0.0746. The van der Waals surface area contributed by atoms with Crippen molar-refractivity contribution in [1.29, 1.82) is 0 Å². The van der Waals surface area contributed by atoms with Gasteiger partial charge < -0.3 is 23.8 Å². The van der Waals surface area contributed by atoms with Gasteiger partial charge in [0.25, 0.3) is 5.24 Å². The van der Waals surface area contributed by atoms with Crippen molar-refractivity contribution in [3.8, 4) is 5.75 Å². The van der Waals surface area contributed by atoms with Gasteiger partial charge in [-0.15, -0.1) is 13.2 Å². The minimum atomic E-state index is -1.06. The van der Waals surface area contributed by atoms with E-state index in [2.05, 4.69) is 13.2 Å². The van der Waals surface area contributed by atoms with E-state index < -0.39 is 5.79 Å². The standard InChI is InChI=1S/C30H43NO6S/c1-5-7-9-10-12-14-28(32)36-26-19-25(13-11-8-6-2)37-30(20-26,35-4)27-22-38-29(33)31(27)21-23-15-17-24(34-3)18-16-23/h5-6,15-18,25-27H,1-2,7-14,19-22H2,3-4H3/t25-,26-,27+,30-/m1/s1. The minimum Gasteiger partial charge on any atom is -0.497 e. The Labute approximate surface area is 231 Å². The molecule has 0 N–H and O–H groups in total. The smallest absolute Gasteiger partial charge is 0.306 e. The van der Waals surface area contributed by atoms with Crippen LogP contribution >= 0.6 is 11.8 Å². The van der Waals surface area contributed by atoms with Crippen LogP contribution in [0, 0.1) is 0 Å². The maximum Gasteiger partial charge on any atom is 0.306 e. The van der Waals surface area contributed by atoms with E-state index in [1.165, 1.54) is 11.8 Å².